The van der Waals surface area contributed by atoms with E-state index in [0.717, 1.165) is 19.5 Å². The Kier molecular flexibility index (Phi) is 5.87. The van der Waals surface area contributed by atoms with Crippen LogP contribution in [0, 0.1) is 5.92 Å². The van der Waals surface area contributed by atoms with Crippen molar-refractivity contribution < 1.29 is 0 Å². The third-order valence-electron chi connectivity index (χ3n) is 4.39. The first kappa shape index (κ1) is 14.5. The van der Waals surface area contributed by atoms with Gasteiger partial charge in [-0.05, 0) is 37.8 Å². The summed E-state index contributed by atoms with van der Waals surface area (Å²) >= 11 is 0. The molecule has 2 nitrogen and oxygen atoms in total. The first-order valence-electron chi connectivity index (χ1n) is 7.74. The number of hydrogen-bond donors (Lipinski definition) is 1. The lowest BCUT2D eigenvalue weighted by Gasteiger charge is -2.27. The molecule has 1 saturated carbocycles. The van der Waals surface area contributed by atoms with Crippen LogP contribution in [-0.2, 0) is 6.42 Å². The maximum Gasteiger partial charge on any atom is 0.00793 e. The largest absolute Gasteiger partial charge is 0.327 e. The van der Waals surface area contributed by atoms with Crippen LogP contribution in [0.1, 0.15) is 37.7 Å². The first-order valence-corrected chi connectivity index (χ1v) is 7.74. The lowest BCUT2D eigenvalue weighted by atomic mass is 9.95. The molecule has 1 aromatic carbocycles. The zero-order valence-electron chi connectivity index (χ0n) is 12.2. The highest BCUT2D eigenvalue weighted by Gasteiger charge is 2.21. The minimum atomic E-state index is 0.418. The Hall–Kier alpha value is -0.860. The maximum atomic E-state index is 6.31. The Labute approximate surface area is 118 Å². The van der Waals surface area contributed by atoms with Crippen LogP contribution in [0.15, 0.2) is 30.3 Å². The van der Waals surface area contributed by atoms with Crippen molar-refractivity contribution in [3.8, 4) is 0 Å². The van der Waals surface area contributed by atoms with Crippen molar-refractivity contribution in [3.63, 3.8) is 0 Å². The molecule has 0 radical (unpaired) electrons. The minimum absolute atomic E-state index is 0.418. The summed E-state index contributed by atoms with van der Waals surface area (Å²) in [6.07, 6.45) is 7.74. The first-order chi connectivity index (χ1) is 9.25. The Morgan fingerprint density at radius 1 is 1.11 bits per heavy atom. The van der Waals surface area contributed by atoms with Crippen molar-refractivity contribution in [1.82, 2.24) is 4.90 Å². The van der Waals surface area contributed by atoms with Crippen LogP contribution < -0.4 is 5.73 Å². The summed E-state index contributed by atoms with van der Waals surface area (Å²) in [6.45, 7) is 2.29. The van der Waals surface area contributed by atoms with Crippen molar-refractivity contribution in [2.24, 2.45) is 11.7 Å². The lowest BCUT2D eigenvalue weighted by molar-refractivity contribution is 0.245. The van der Waals surface area contributed by atoms with Gasteiger partial charge in [-0.25, -0.2) is 0 Å². The Morgan fingerprint density at radius 3 is 2.63 bits per heavy atom. The van der Waals surface area contributed by atoms with Gasteiger partial charge in [0.05, 0.1) is 0 Å². The van der Waals surface area contributed by atoms with Crippen molar-refractivity contribution in [3.05, 3.63) is 35.9 Å². The molecule has 1 aromatic rings. The van der Waals surface area contributed by atoms with E-state index in [1.54, 1.807) is 0 Å². The molecule has 2 N–H and O–H groups in total. The molecule has 0 saturated heterocycles. The van der Waals surface area contributed by atoms with E-state index in [4.69, 9.17) is 5.73 Å². The van der Waals surface area contributed by atoms with Gasteiger partial charge in [0.25, 0.3) is 0 Å². The smallest absolute Gasteiger partial charge is 0.00793 e. The fourth-order valence-electron chi connectivity index (χ4n) is 3.10. The van der Waals surface area contributed by atoms with Gasteiger partial charge in [-0.1, -0.05) is 49.6 Å². The summed E-state index contributed by atoms with van der Waals surface area (Å²) in [7, 11) is 2.24. The van der Waals surface area contributed by atoms with Crippen molar-refractivity contribution in [2.45, 2.75) is 44.6 Å². The van der Waals surface area contributed by atoms with Gasteiger partial charge in [0, 0.05) is 19.1 Å². The summed E-state index contributed by atoms with van der Waals surface area (Å²) < 4.78 is 0. The highest BCUT2D eigenvalue weighted by Crippen LogP contribution is 2.22. The molecule has 2 rings (SSSR count). The maximum absolute atomic E-state index is 6.31. The lowest BCUT2D eigenvalue weighted by Crippen LogP contribution is -2.38. The average Bonchev–Trinajstić information content (AvgIpc) is 2.63. The van der Waals surface area contributed by atoms with E-state index in [1.165, 1.54) is 37.7 Å². The van der Waals surface area contributed by atoms with Crippen LogP contribution in [0.2, 0.25) is 0 Å². The van der Waals surface area contributed by atoms with Crippen LogP contribution in [0.3, 0.4) is 0 Å². The van der Waals surface area contributed by atoms with Gasteiger partial charge in [0.1, 0.15) is 0 Å². The topological polar surface area (TPSA) is 29.3 Å². The molecule has 2 atom stereocenters. The van der Waals surface area contributed by atoms with Crippen LogP contribution >= 0.6 is 0 Å². The summed E-state index contributed by atoms with van der Waals surface area (Å²) in [5.41, 5.74) is 7.74. The molecular formula is C17H28N2. The second kappa shape index (κ2) is 7.66. The number of nitrogens with two attached hydrogens (primary N) is 1. The van der Waals surface area contributed by atoms with Crippen molar-refractivity contribution >= 4 is 0 Å². The predicted octanol–water partition coefficient (Wildman–Crippen LogP) is 3.07. The van der Waals surface area contributed by atoms with Crippen LogP contribution in [0.25, 0.3) is 0 Å². The van der Waals surface area contributed by atoms with Gasteiger partial charge >= 0.3 is 0 Å². The summed E-state index contributed by atoms with van der Waals surface area (Å²) in [4.78, 5) is 2.46. The highest BCUT2D eigenvalue weighted by atomic mass is 15.1. The third-order valence-corrected chi connectivity index (χ3v) is 4.39. The molecule has 0 bridgehead atoms. The number of hydrogen-bond acceptors (Lipinski definition) is 2. The number of rotatable bonds is 5. The molecule has 1 fully saturated rings. The molecule has 19 heavy (non-hydrogen) atoms. The number of nitrogens with zero attached hydrogens (tertiary/aromatic N) is 1. The Morgan fingerprint density at radius 2 is 1.84 bits per heavy atom. The second-order valence-corrected chi connectivity index (χ2v) is 6.06. The van der Waals surface area contributed by atoms with Gasteiger partial charge in [0.2, 0.25) is 0 Å². The third kappa shape index (κ3) is 4.96. The van der Waals surface area contributed by atoms with Gasteiger partial charge in [-0.15, -0.1) is 0 Å². The summed E-state index contributed by atoms with van der Waals surface area (Å²) in [5.74, 6) is 0.697. The van der Waals surface area contributed by atoms with Crippen molar-refractivity contribution in [1.29, 1.82) is 0 Å². The Balaban J connectivity index is 1.75. The predicted molar refractivity (Wildman–Crippen MR) is 82.2 cm³/mol. The molecule has 106 valence electrons. The van der Waals surface area contributed by atoms with Crippen LogP contribution in [0.4, 0.5) is 0 Å². The zero-order chi connectivity index (χ0) is 13.5. The SMILES string of the molecule is CN(CCc1ccccc1)CC1CCCCCC1N. The normalized spacial score (nSPS) is 24.4. The van der Waals surface area contributed by atoms with Crippen LogP contribution in [0.5, 0.6) is 0 Å². The molecular weight excluding hydrogens is 232 g/mol. The van der Waals surface area contributed by atoms with E-state index in [-0.39, 0.29) is 0 Å². The summed E-state index contributed by atoms with van der Waals surface area (Å²) in [5, 5.41) is 0. The fraction of sp³-hybridized carbons (Fsp3) is 0.647. The molecule has 0 spiro atoms. The number of likely N-dealkylation sites (N-methyl/N-ethyl adjacent to an activating group) is 1. The van der Waals surface area contributed by atoms with Gasteiger partial charge in [-0.3, -0.25) is 0 Å². The molecule has 1 aliphatic carbocycles. The fourth-order valence-corrected chi connectivity index (χ4v) is 3.10. The molecule has 0 aliphatic heterocycles. The van der Waals surface area contributed by atoms with Crippen molar-refractivity contribution in [2.75, 3.05) is 20.1 Å². The molecule has 2 unspecified atom stereocenters. The zero-order valence-corrected chi connectivity index (χ0v) is 12.2. The molecule has 0 amide bonds. The molecule has 0 aromatic heterocycles. The van der Waals surface area contributed by atoms with E-state index >= 15 is 0 Å². The van der Waals surface area contributed by atoms with Crippen LogP contribution in [-0.4, -0.2) is 31.1 Å². The van der Waals surface area contributed by atoms with E-state index in [2.05, 4.69) is 42.3 Å². The minimum Gasteiger partial charge on any atom is -0.327 e. The van der Waals surface area contributed by atoms with Gasteiger partial charge < -0.3 is 10.6 Å². The van der Waals surface area contributed by atoms with E-state index in [1.807, 2.05) is 0 Å². The van der Waals surface area contributed by atoms with Gasteiger partial charge in [0.15, 0.2) is 0 Å². The molecule has 2 heteroatoms. The molecule has 0 heterocycles. The molecule has 1 aliphatic rings. The second-order valence-electron chi connectivity index (χ2n) is 6.06. The van der Waals surface area contributed by atoms with E-state index in [9.17, 15) is 0 Å². The standard InChI is InChI=1S/C17H28N2/c1-19(13-12-15-8-4-2-5-9-15)14-16-10-6-3-7-11-17(16)18/h2,4-5,8-9,16-17H,3,6-7,10-14,18H2,1H3. The highest BCUT2D eigenvalue weighted by molar-refractivity contribution is 5.14. The monoisotopic (exact) mass is 260 g/mol. The van der Waals surface area contributed by atoms with Gasteiger partial charge in [-0.2, -0.15) is 0 Å². The Bertz CT molecular complexity index is 350. The summed E-state index contributed by atoms with van der Waals surface area (Å²) in [6, 6.07) is 11.2. The van der Waals surface area contributed by atoms with E-state index in [0.29, 0.717) is 12.0 Å². The average molecular weight is 260 g/mol. The van der Waals surface area contributed by atoms with E-state index < -0.39 is 0 Å². The number of benzene rings is 1. The quantitative estimate of drug-likeness (QED) is 0.824.